The molecule has 144 valence electrons. The highest BCUT2D eigenvalue weighted by atomic mass is 16.2. The summed E-state index contributed by atoms with van der Waals surface area (Å²) in [4.78, 5) is 25.8. The summed E-state index contributed by atoms with van der Waals surface area (Å²) in [5.41, 5.74) is 6.78. The predicted molar refractivity (Wildman–Crippen MR) is 118 cm³/mol. The van der Waals surface area contributed by atoms with E-state index in [0.717, 1.165) is 39.2 Å². The number of carbonyl (C=O) groups excluding carboxylic acids is 2. The third kappa shape index (κ3) is 3.83. The maximum absolute atomic E-state index is 12.4. The van der Waals surface area contributed by atoms with Gasteiger partial charge in [-0.05, 0) is 40.5 Å². The van der Waals surface area contributed by atoms with Crippen molar-refractivity contribution in [3.05, 3.63) is 83.4 Å². The largest absolute Gasteiger partial charge is 0.326 e. The van der Waals surface area contributed by atoms with Crippen LogP contribution in [0.5, 0.6) is 0 Å². The van der Waals surface area contributed by atoms with Gasteiger partial charge in [-0.2, -0.15) is 0 Å². The second-order valence-corrected chi connectivity index (χ2v) is 7.14. The Balaban J connectivity index is 1.82. The van der Waals surface area contributed by atoms with Gasteiger partial charge in [0.1, 0.15) is 0 Å². The Labute approximate surface area is 170 Å². The second kappa shape index (κ2) is 7.76. The van der Waals surface area contributed by atoms with Gasteiger partial charge in [0.15, 0.2) is 0 Å². The molecule has 0 fully saturated rings. The van der Waals surface area contributed by atoms with Crippen LogP contribution in [0.25, 0.3) is 23.3 Å². The monoisotopic (exact) mass is 382 g/mol. The van der Waals surface area contributed by atoms with Gasteiger partial charge >= 0.3 is 0 Å². The van der Waals surface area contributed by atoms with Crippen LogP contribution >= 0.6 is 0 Å². The summed E-state index contributed by atoms with van der Waals surface area (Å²) in [6, 6.07) is 21.9. The smallest absolute Gasteiger partial charge is 0.224 e. The van der Waals surface area contributed by atoms with E-state index in [0.29, 0.717) is 6.54 Å². The molecule has 4 heteroatoms. The van der Waals surface area contributed by atoms with E-state index in [1.807, 2.05) is 54.6 Å². The van der Waals surface area contributed by atoms with Crippen LogP contribution in [0.2, 0.25) is 0 Å². The molecule has 1 N–H and O–H groups in total. The molecule has 1 heterocycles. The molecule has 2 amide bonds. The van der Waals surface area contributed by atoms with Crippen LogP contribution in [-0.4, -0.2) is 11.8 Å². The highest BCUT2D eigenvalue weighted by Gasteiger charge is 2.19. The molecule has 4 rings (SSSR count). The van der Waals surface area contributed by atoms with E-state index in [2.05, 4.69) is 29.6 Å². The van der Waals surface area contributed by atoms with Crippen LogP contribution in [0, 0.1) is 0 Å². The Morgan fingerprint density at radius 2 is 1.59 bits per heavy atom. The van der Waals surface area contributed by atoms with Crippen molar-refractivity contribution in [3.63, 3.8) is 0 Å². The zero-order chi connectivity index (χ0) is 20.4. The number of amides is 2. The number of nitrogens with one attached hydrogen (secondary N) is 1. The molecule has 0 aliphatic carbocycles. The van der Waals surface area contributed by atoms with E-state index in [1.54, 1.807) is 11.8 Å². The van der Waals surface area contributed by atoms with Crippen molar-refractivity contribution in [3.8, 4) is 11.1 Å². The minimum absolute atomic E-state index is 0.00255. The fourth-order valence-corrected chi connectivity index (χ4v) is 3.70. The first kappa shape index (κ1) is 18.7. The summed E-state index contributed by atoms with van der Waals surface area (Å²) in [5.74, 6) is -0.103. The molecule has 3 aromatic rings. The number of hydrogen-bond acceptors (Lipinski definition) is 2. The van der Waals surface area contributed by atoms with Gasteiger partial charge in [0.25, 0.3) is 0 Å². The SMILES string of the molecule is CC(=O)Nc1ccccc1-c1ccc2c(c1)CN(C(C)=O)c1ccccc1/C=C\2. The third-order valence-corrected chi connectivity index (χ3v) is 5.07. The topological polar surface area (TPSA) is 49.4 Å². The number of para-hydroxylation sites is 2. The molecule has 0 spiro atoms. The zero-order valence-corrected chi connectivity index (χ0v) is 16.5. The summed E-state index contributed by atoms with van der Waals surface area (Å²) < 4.78 is 0. The van der Waals surface area contributed by atoms with Crippen molar-refractivity contribution in [2.24, 2.45) is 0 Å². The fourth-order valence-electron chi connectivity index (χ4n) is 3.70. The van der Waals surface area contributed by atoms with Crippen molar-refractivity contribution >= 4 is 35.3 Å². The number of carbonyl (C=O) groups is 2. The lowest BCUT2D eigenvalue weighted by molar-refractivity contribution is -0.116. The zero-order valence-electron chi connectivity index (χ0n) is 16.5. The van der Waals surface area contributed by atoms with Crippen LogP contribution in [0.3, 0.4) is 0 Å². The first-order valence-electron chi connectivity index (χ1n) is 9.58. The molecule has 1 aliphatic heterocycles. The van der Waals surface area contributed by atoms with Gasteiger partial charge in [-0.3, -0.25) is 9.59 Å². The highest BCUT2D eigenvalue weighted by molar-refractivity contribution is 5.96. The van der Waals surface area contributed by atoms with Crippen molar-refractivity contribution in [2.75, 3.05) is 10.2 Å². The molecule has 0 bridgehead atoms. The van der Waals surface area contributed by atoms with Gasteiger partial charge in [-0.15, -0.1) is 0 Å². The number of fused-ring (bicyclic) bond motifs is 2. The van der Waals surface area contributed by atoms with Crippen LogP contribution in [0.15, 0.2) is 66.7 Å². The molecule has 0 saturated heterocycles. The maximum Gasteiger partial charge on any atom is 0.224 e. The van der Waals surface area contributed by atoms with Crippen molar-refractivity contribution in [1.29, 1.82) is 0 Å². The Morgan fingerprint density at radius 1 is 0.862 bits per heavy atom. The maximum atomic E-state index is 12.4. The average molecular weight is 382 g/mol. The fraction of sp³-hybridized carbons (Fsp3) is 0.120. The lowest BCUT2D eigenvalue weighted by Crippen LogP contribution is -2.29. The first-order valence-corrected chi connectivity index (χ1v) is 9.58. The van der Waals surface area contributed by atoms with Crippen LogP contribution in [-0.2, 0) is 16.1 Å². The highest BCUT2D eigenvalue weighted by Crippen LogP contribution is 2.33. The standard InChI is InChI=1S/C25H22N2O2/c1-17(28)26-24-9-5-4-8-23(24)21-14-12-19-11-13-20-7-3-6-10-25(20)27(18(2)29)16-22(19)15-21/h3-15H,16H2,1-2H3,(H,26,28)/b13-11-. The van der Waals surface area contributed by atoms with E-state index in [4.69, 9.17) is 0 Å². The van der Waals surface area contributed by atoms with Gasteiger partial charge in [-0.25, -0.2) is 0 Å². The van der Waals surface area contributed by atoms with E-state index < -0.39 is 0 Å². The average Bonchev–Trinajstić information content (AvgIpc) is 2.69. The van der Waals surface area contributed by atoms with Crippen molar-refractivity contribution < 1.29 is 9.59 Å². The van der Waals surface area contributed by atoms with Gasteiger partial charge in [0.2, 0.25) is 11.8 Å². The molecule has 1 aliphatic rings. The lowest BCUT2D eigenvalue weighted by atomic mass is 9.95. The second-order valence-electron chi connectivity index (χ2n) is 7.14. The molecule has 0 saturated carbocycles. The Bertz CT molecular complexity index is 1130. The van der Waals surface area contributed by atoms with E-state index >= 15 is 0 Å². The number of hydrogen-bond donors (Lipinski definition) is 1. The third-order valence-electron chi connectivity index (χ3n) is 5.07. The molecular formula is C25H22N2O2. The summed E-state index contributed by atoms with van der Waals surface area (Å²) in [5, 5.41) is 2.90. The quantitative estimate of drug-likeness (QED) is 0.650. The van der Waals surface area contributed by atoms with Gasteiger partial charge in [-0.1, -0.05) is 60.7 Å². The van der Waals surface area contributed by atoms with Crippen molar-refractivity contribution in [2.45, 2.75) is 20.4 Å². The minimum atomic E-state index is -0.106. The molecule has 0 unspecified atom stereocenters. The summed E-state index contributed by atoms with van der Waals surface area (Å²) >= 11 is 0. The molecule has 4 nitrogen and oxygen atoms in total. The normalized spacial score (nSPS) is 13.5. The molecule has 0 radical (unpaired) electrons. The van der Waals surface area contributed by atoms with Gasteiger partial charge < -0.3 is 10.2 Å². The Morgan fingerprint density at radius 3 is 2.38 bits per heavy atom. The van der Waals surface area contributed by atoms with E-state index in [9.17, 15) is 9.59 Å². The molecule has 0 aromatic heterocycles. The number of rotatable bonds is 2. The van der Waals surface area contributed by atoms with Gasteiger partial charge in [0.05, 0.1) is 12.2 Å². The summed E-state index contributed by atoms with van der Waals surface area (Å²) in [6.07, 6.45) is 4.14. The minimum Gasteiger partial charge on any atom is -0.326 e. The first-order chi connectivity index (χ1) is 14.0. The number of benzene rings is 3. The molecule has 0 atom stereocenters. The molecule has 3 aromatic carbocycles. The predicted octanol–water partition coefficient (Wildman–Crippen LogP) is 5.35. The van der Waals surface area contributed by atoms with E-state index in [1.165, 1.54) is 6.92 Å². The lowest BCUT2D eigenvalue weighted by Gasteiger charge is -2.26. The number of nitrogens with zero attached hydrogens (tertiary/aromatic N) is 1. The Kier molecular flexibility index (Phi) is 5.00. The van der Waals surface area contributed by atoms with E-state index in [-0.39, 0.29) is 11.8 Å². The van der Waals surface area contributed by atoms with Crippen LogP contribution in [0.1, 0.15) is 30.5 Å². The number of anilines is 2. The summed E-state index contributed by atoms with van der Waals surface area (Å²) in [7, 11) is 0. The van der Waals surface area contributed by atoms with Crippen LogP contribution < -0.4 is 10.2 Å². The van der Waals surface area contributed by atoms with Gasteiger partial charge in [0, 0.05) is 25.1 Å². The Hall–Kier alpha value is -3.66. The van der Waals surface area contributed by atoms with Crippen molar-refractivity contribution in [1.82, 2.24) is 0 Å². The molecule has 29 heavy (non-hydrogen) atoms. The molecular weight excluding hydrogens is 360 g/mol. The summed E-state index contributed by atoms with van der Waals surface area (Å²) in [6.45, 7) is 3.59. The van der Waals surface area contributed by atoms with Crippen LogP contribution in [0.4, 0.5) is 11.4 Å².